The van der Waals surface area contributed by atoms with Crippen molar-refractivity contribution in [2.24, 2.45) is 0 Å². The smallest absolute Gasteiger partial charge is 0.344 e. The van der Waals surface area contributed by atoms with Crippen LogP contribution in [0.25, 0.3) is 0 Å². The summed E-state index contributed by atoms with van der Waals surface area (Å²) < 4.78 is 11.1. The van der Waals surface area contributed by atoms with Crippen molar-refractivity contribution in [1.29, 1.82) is 0 Å². The van der Waals surface area contributed by atoms with Gasteiger partial charge in [-0.3, -0.25) is 9.59 Å². The van der Waals surface area contributed by atoms with Crippen LogP contribution in [-0.2, 0) is 14.3 Å². The summed E-state index contributed by atoms with van der Waals surface area (Å²) in [6.45, 7) is 1.09. The van der Waals surface area contributed by atoms with E-state index in [2.05, 4.69) is 21.2 Å². The van der Waals surface area contributed by atoms with E-state index in [1.165, 1.54) is 0 Å². The van der Waals surface area contributed by atoms with Crippen molar-refractivity contribution in [2.45, 2.75) is 13.3 Å². The molecule has 0 atom stereocenters. The first-order valence-corrected chi connectivity index (χ1v) is 8.74. The molecular weight excluding hydrogens is 402 g/mol. The molecule has 0 aromatic heterocycles. The number of esters is 1. The minimum atomic E-state index is -0.634. The van der Waals surface area contributed by atoms with Crippen LogP contribution in [0.2, 0.25) is 0 Å². The minimum absolute atomic E-state index is 0.108. The summed E-state index contributed by atoms with van der Waals surface area (Å²) in [4.78, 5) is 35.0. The van der Waals surface area contributed by atoms with Gasteiger partial charge in [0.15, 0.2) is 19.0 Å². The number of benzene rings is 2. The van der Waals surface area contributed by atoms with Crippen LogP contribution in [0.5, 0.6) is 5.75 Å². The molecule has 1 N–H and O–H groups in total. The Morgan fingerprint density at radius 1 is 1.04 bits per heavy atom. The fourth-order valence-corrected chi connectivity index (χ4v) is 2.34. The van der Waals surface area contributed by atoms with Gasteiger partial charge in [-0.05, 0) is 42.5 Å². The van der Waals surface area contributed by atoms with Crippen LogP contribution in [0, 0.1) is 0 Å². The minimum Gasteiger partial charge on any atom is -0.482 e. The predicted molar refractivity (Wildman–Crippen MR) is 100 cm³/mol. The number of amides is 1. The van der Waals surface area contributed by atoms with E-state index < -0.39 is 5.97 Å². The van der Waals surface area contributed by atoms with Gasteiger partial charge in [0.05, 0.1) is 0 Å². The maximum absolute atomic E-state index is 12.0. The van der Waals surface area contributed by atoms with Crippen molar-refractivity contribution >= 4 is 39.3 Å². The molecule has 2 rings (SSSR count). The zero-order valence-corrected chi connectivity index (χ0v) is 15.7. The van der Waals surface area contributed by atoms with Crippen molar-refractivity contribution in [3.8, 4) is 5.75 Å². The van der Waals surface area contributed by atoms with E-state index in [1.807, 2.05) is 6.07 Å². The Morgan fingerprint density at radius 2 is 1.77 bits per heavy atom. The van der Waals surface area contributed by atoms with Crippen LogP contribution in [0.4, 0.5) is 5.69 Å². The monoisotopic (exact) mass is 419 g/mol. The molecule has 0 aliphatic heterocycles. The van der Waals surface area contributed by atoms with E-state index in [9.17, 15) is 14.4 Å². The van der Waals surface area contributed by atoms with Gasteiger partial charge in [0.1, 0.15) is 5.75 Å². The fraction of sp³-hybridized carbons (Fsp3) is 0.211. The van der Waals surface area contributed by atoms with Crippen molar-refractivity contribution in [3.63, 3.8) is 0 Å². The Kier molecular flexibility index (Phi) is 7.35. The molecule has 0 saturated carbocycles. The van der Waals surface area contributed by atoms with E-state index in [-0.39, 0.29) is 24.9 Å². The molecule has 0 unspecified atom stereocenters. The van der Waals surface area contributed by atoms with Crippen LogP contribution in [0.15, 0.2) is 53.0 Å². The molecule has 26 heavy (non-hydrogen) atoms. The number of Topliss-reactive ketones (excluding diaryl/α,β-unsaturated/α-hetero) is 1. The van der Waals surface area contributed by atoms with Crippen molar-refractivity contribution < 1.29 is 23.9 Å². The van der Waals surface area contributed by atoms with Gasteiger partial charge in [-0.2, -0.15) is 0 Å². The summed E-state index contributed by atoms with van der Waals surface area (Å²) in [6, 6.07) is 13.4. The van der Waals surface area contributed by atoms with E-state index in [0.29, 0.717) is 23.4 Å². The van der Waals surface area contributed by atoms with Crippen LogP contribution in [0.3, 0.4) is 0 Å². The number of anilines is 1. The maximum atomic E-state index is 12.0. The van der Waals surface area contributed by atoms with E-state index >= 15 is 0 Å². The van der Waals surface area contributed by atoms with Gasteiger partial charge in [0.25, 0.3) is 0 Å². The second kappa shape index (κ2) is 9.72. The highest BCUT2D eigenvalue weighted by Crippen LogP contribution is 2.17. The molecular formula is C19H18BrNO5. The highest BCUT2D eigenvalue weighted by Gasteiger charge is 2.11. The lowest BCUT2D eigenvalue weighted by Gasteiger charge is -2.08. The number of nitrogens with one attached hydrogen (secondary N) is 1. The first kappa shape index (κ1) is 19.7. The van der Waals surface area contributed by atoms with Gasteiger partial charge in [-0.1, -0.05) is 28.9 Å². The Morgan fingerprint density at radius 3 is 2.42 bits per heavy atom. The topological polar surface area (TPSA) is 81.7 Å². The molecule has 0 saturated heterocycles. The summed E-state index contributed by atoms with van der Waals surface area (Å²) in [5.74, 6) is -0.560. The first-order chi connectivity index (χ1) is 12.5. The van der Waals surface area contributed by atoms with Gasteiger partial charge in [0.2, 0.25) is 5.91 Å². The molecule has 0 aliphatic rings. The number of halogens is 1. The molecule has 0 bridgehead atoms. The SMILES string of the molecule is CCC(=O)Nc1ccc(C(=O)COC(=O)COc2cccc(Br)c2)cc1. The molecule has 1 amide bonds. The number of carbonyl (C=O) groups is 3. The standard InChI is InChI=1S/C19H18BrNO5/c1-2-18(23)21-15-8-6-13(7-9-15)17(22)11-26-19(24)12-25-16-5-3-4-14(20)10-16/h3-10H,2,11-12H2,1H3,(H,21,23). The number of hydrogen-bond donors (Lipinski definition) is 1. The molecule has 0 aliphatic carbocycles. The Bertz CT molecular complexity index is 789. The molecule has 0 spiro atoms. The molecule has 2 aromatic rings. The van der Waals surface area contributed by atoms with Crippen LogP contribution >= 0.6 is 15.9 Å². The second-order valence-corrected chi connectivity index (χ2v) is 6.22. The van der Waals surface area contributed by atoms with Gasteiger partial charge < -0.3 is 14.8 Å². The van der Waals surface area contributed by atoms with Crippen molar-refractivity contribution in [2.75, 3.05) is 18.5 Å². The summed E-state index contributed by atoms with van der Waals surface area (Å²) in [5.41, 5.74) is 0.994. The molecule has 6 nitrogen and oxygen atoms in total. The molecule has 136 valence electrons. The number of rotatable bonds is 8. The fourth-order valence-electron chi connectivity index (χ4n) is 1.96. The average molecular weight is 420 g/mol. The largest absolute Gasteiger partial charge is 0.482 e. The predicted octanol–water partition coefficient (Wildman–Crippen LogP) is 3.60. The van der Waals surface area contributed by atoms with Gasteiger partial charge in [0, 0.05) is 22.1 Å². The normalized spacial score (nSPS) is 10.1. The van der Waals surface area contributed by atoms with E-state index in [1.54, 1.807) is 49.4 Å². The maximum Gasteiger partial charge on any atom is 0.344 e. The average Bonchev–Trinajstić information content (AvgIpc) is 2.65. The van der Waals surface area contributed by atoms with Crippen LogP contribution in [-0.4, -0.2) is 30.9 Å². The van der Waals surface area contributed by atoms with Crippen molar-refractivity contribution in [3.05, 3.63) is 58.6 Å². The van der Waals surface area contributed by atoms with E-state index in [4.69, 9.17) is 9.47 Å². The molecule has 7 heteroatoms. The quantitative estimate of drug-likeness (QED) is 0.521. The Hall–Kier alpha value is -2.67. The molecule has 0 heterocycles. The summed E-state index contributed by atoms with van der Waals surface area (Å²) in [7, 11) is 0. The molecule has 0 radical (unpaired) electrons. The molecule has 0 fully saturated rings. The third kappa shape index (κ3) is 6.33. The van der Waals surface area contributed by atoms with Crippen LogP contribution < -0.4 is 10.1 Å². The lowest BCUT2D eigenvalue weighted by Crippen LogP contribution is -2.19. The lowest BCUT2D eigenvalue weighted by atomic mass is 10.1. The molecule has 2 aromatic carbocycles. The highest BCUT2D eigenvalue weighted by atomic mass is 79.9. The first-order valence-electron chi connectivity index (χ1n) is 7.95. The number of ether oxygens (including phenoxy) is 2. The highest BCUT2D eigenvalue weighted by molar-refractivity contribution is 9.10. The summed E-state index contributed by atoms with van der Waals surface area (Å²) in [5, 5.41) is 2.69. The summed E-state index contributed by atoms with van der Waals surface area (Å²) >= 11 is 3.30. The zero-order valence-electron chi connectivity index (χ0n) is 14.2. The Balaban J connectivity index is 1.78. The zero-order chi connectivity index (χ0) is 18.9. The van der Waals surface area contributed by atoms with Gasteiger partial charge in [-0.15, -0.1) is 0 Å². The Labute approximate surface area is 159 Å². The van der Waals surface area contributed by atoms with Gasteiger partial charge in [-0.25, -0.2) is 4.79 Å². The number of ketones is 1. The number of hydrogen-bond acceptors (Lipinski definition) is 5. The number of carbonyl (C=O) groups excluding carboxylic acids is 3. The van der Waals surface area contributed by atoms with Crippen LogP contribution in [0.1, 0.15) is 23.7 Å². The van der Waals surface area contributed by atoms with Crippen molar-refractivity contribution in [1.82, 2.24) is 0 Å². The summed E-state index contributed by atoms with van der Waals surface area (Å²) in [6.07, 6.45) is 0.374. The third-order valence-electron chi connectivity index (χ3n) is 3.33. The van der Waals surface area contributed by atoms with Gasteiger partial charge >= 0.3 is 5.97 Å². The van der Waals surface area contributed by atoms with E-state index in [0.717, 1.165) is 4.47 Å². The second-order valence-electron chi connectivity index (χ2n) is 5.31. The lowest BCUT2D eigenvalue weighted by molar-refractivity contribution is -0.144. The third-order valence-corrected chi connectivity index (χ3v) is 3.82.